The number of halogens is 3. The van der Waals surface area contributed by atoms with Gasteiger partial charge in [-0.15, -0.1) is 13.2 Å². The van der Waals surface area contributed by atoms with Gasteiger partial charge in [-0.05, 0) is 74.4 Å². The lowest BCUT2D eigenvalue weighted by Gasteiger charge is -2.14. The van der Waals surface area contributed by atoms with Gasteiger partial charge in [0.25, 0.3) is 0 Å². The molecule has 0 saturated heterocycles. The lowest BCUT2D eigenvalue weighted by atomic mass is 9.97. The van der Waals surface area contributed by atoms with Crippen LogP contribution in [0.5, 0.6) is 11.5 Å². The molecule has 0 bridgehead atoms. The van der Waals surface area contributed by atoms with Crippen LogP contribution < -0.4 is 9.47 Å². The third kappa shape index (κ3) is 9.46. The molecule has 6 nitrogen and oxygen atoms in total. The van der Waals surface area contributed by atoms with Gasteiger partial charge in [0.05, 0.1) is 19.0 Å². The van der Waals surface area contributed by atoms with E-state index in [9.17, 15) is 31.5 Å². The average Bonchev–Trinajstić information content (AvgIpc) is 2.79. The van der Waals surface area contributed by atoms with E-state index in [0.717, 1.165) is 5.56 Å². The topological polar surface area (TPSA) is 89.9 Å². The summed E-state index contributed by atoms with van der Waals surface area (Å²) in [6.07, 6.45) is -2.28. The molecule has 2 rings (SSSR count). The van der Waals surface area contributed by atoms with E-state index in [0.29, 0.717) is 31.2 Å². The van der Waals surface area contributed by atoms with Crippen LogP contribution in [-0.4, -0.2) is 44.6 Å². The fourth-order valence-electron chi connectivity index (χ4n) is 3.84. The van der Waals surface area contributed by atoms with Gasteiger partial charge in [-0.25, -0.2) is 8.42 Å². The highest BCUT2D eigenvalue weighted by Crippen LogP contribution is 2.29. The quantitative estimate of drug-likeness (QED) is 0.336. The number of aryl methyl sites for hydroxylation is 2. The standard InChI is InChI=1S/C26H33F3O6S/c1-3-21(18-30)23(31)12-6-9-20-13-14-25(24(17-20)34-4-2)36(32,33)15-7-10-19-8-5-11-22(16-19)35-26(27,28)29/h5,8,11,13-14,16-17,21,30H,3-4,6-7,9-10,12,15,18H2,1-2H3. The Hall–Kier alpha value is -2.59. The number of ketones is 1. The number of aliphatic hydroxyl groups is 1. The van der Waals surface area contributed by atoms with Crippen LogP contribution in [0.1, 0.15) is 50.7 Å². The summed E-state index contributed by atoms with van der Waals surface area (Å²) in [7, 11) is -3.71. The normalized spacial score (nSPS) is 12.8. The number of Topliss-reactive ketones (excluding diaryl/α,β-unsaturated/α-hetero) is 1. The highest BCUT2D eigenvalue weighted by molar-refractivity contribution is 7.91. The summed E-state index contributed by atoms with van der Waals surface area (Å²) < 4.78 is 72.8. The molecule has 0 radical (unpaired) electrons. The van der Waals surface area contributed by atoms with Crippen LogP contribution in [0.2, 0.25) is 0 Å². The van der Waals surface area contributed by atoms with Crippen molar-refractivity contribution in [3.05, 3.63) is 53.6 Å². The molecule has 1 atom stereocenters. The summed E-state index contributed by atoms with van der Waals surface area (Å²) in [4.78, 5) is 12.2. The number of carbonyl (C=O) groups is 1. The van der Waals surface area contributed by atoms with E-state index >= 15 is 0 Å². The van der Waals surface area contributed by atoms with Crippen molar-refractivity contribution in [1.82, 2.24) is 0 Å². The van der Waals surface area contributed by atoms with Crippen LogP contribution in [0, 0.1) is 5.92 Å². The maximum absolute atomic E-state index is 13.0. The van der Waals surface area contributed by atoms with Crippen LogP contribution in [-0.2, 0) is 27.5 Å². The zero-order valence-corrected chi connectivity index (χ0v) is 21.3. The number of ether oxygens (including phenoxy) is 2. The number of hydrogen-bond donors (Lipinski definition) is 1. The van der Waals surface area contributed by atoms with E-state index in [2.05, 4.69) is 4.74 Å². The van der Waals surface area contributed by atoms with Gasteiger partial charge in [0.1, 0.15) is 22.2 Å². The number of hydrogen-bond acceptors (Lipinski definition) is 6. The van der Waals surface area contributed by atoms with Crippen molar-refractivity contribution < 1.29 is 41.0 Å². The molecule has 0 aliphatic heterocycles. The maximum Gasteiger partial charge on any atom is 0.573 e. The number of alkyl halides is 3. The summed E-state index contributed by atoms with van der Waals surface area (Å²) in [5, 5.41) is 9.25. The molecule has 2 aromatic carbocycles. The zero-order chi connectivity index (χ0) is 26.8. The van der Waals surface area contributed by atoms with Crippen molar-refractivity contribution in [2.24, 2.45) is 5.92 Å². The first-order valence-electron chi connectivity index (χ1n) is 12.0. The number of benzene rings is 2. The van der Waals surface area contributed by atoms with Crippen molar-refractivity contribution in [1.29, 1.82) is 0 Å². The van der Waals surface area contributed by atoms with E-state index in [-0.39, 0.29) is 59.9 Å². The molecule has 0 heterocycles. The Morgan fingerprint density at radius 1 is 1.03 bits per heavy atom. The van der Waals surface area contributed by atoms with Crippen LogP contribution in [0.3, 0.4) is 0 Å². The van der Waals surface area contributed by atoms with E-state index in [4.69, 9.17) is 4.74 Å². The maximum atomic E-state index is 13.0. The Morgan fingerprint density at radius 3 is 2.36 bits per heavy atom. The summed E-state index contributed by atoms with van der Waals surface area (Å²) >= 11 is 0. The predicted molar refractivity (Wildman–Crippen MR) is 130 cm³/mol. The first kappa shape index (κ1) is 29.6. The second-order valence-corrected chi connectivity index (χ2v) is 10.5. The van der Waals surface area contributed by atoms with Crippen LogP contribution in [0.25, 0.3) is 0 Å². The minimum atomic E-state index is -4.79. The van der Waals surface area contributed by atoms with Crippen molar-refractivity contribution in [2.75, 3.05) is 19.0 Å². The molecule has 0 aromatic heterocycles. The molecule has 200 valence electrons. The van der Waals surface area contributed by atoms with E-state index in [1.165, 1.54) is 24.3 Å². The Balaban J connectivity index is 2.03. The molecule has 0 fully saturated rings. The minimum Gasteiger partial charge on any atom is -0.493 e. The third-order valence-corrected chi connectivity index (χ3v) is 7.54. The molecule has 0 aliphatic rings. The highest BCUT2D eigenvalue weighted by atomic mass is 32.2. The second kappa shape index (κ2) is 13.6. The van der Waals surface area contributed by atoms with Gasteiger partial charge >= 0.3 is 6.36 Å². The summed E-state index contributed by atoms with van der Waals surface area (Å²) in [5.41, 5.74) is 1.37. The zero-order valence-electron chi connectivity index (χ0n) is 20.5. The number of sulfone groups is 1. The first-order valence-corrected chi connectivity index (χ1v) is 13.6. The van der Waals surface area contributed by atoms with Gasteiger partial charge in [0, 0.05) is 12.3 Å². The molecule has 1 unspecified atom stereocenters. The molecule has 10 heteroatoms. The van der Waals surface area contributed by atoms with Crippen LogP contribution >= 0.6 is 0 Å². The monoisotopic (exact) mass is 530 g/mol. The summed E-state index contributed by atoms with van der Waals surface area (Å²) in [6, 6.07) is 10.3. The SMILES string of the molecule is CCOc1cc(CCCC(=O)C(CC)CO)ccc1S(=O)(=O)CCCc1cccc(OC(F)(F)F)c1. The fraction of sp³-hybridized carbons (Fsp3) is 0.500. The molecule has 0 spiro atoms. The van der Waals surface area contributed by atoms with Gasteiger partial charge in [0.2, 0.25) is 0 Å². The molecular weight excluding hydrogens is 497 g/mol. The average molecular weight is 531 g/mol. The Morgan fingerprint density at radius 2 is 1.72 bits per heavy atom. The van der Waals surface area contributed by atoms with Gasteiger partial charge in [-0.1, -0.05) is 25.1 Å². The highest BCUT2D eigenvalue weighted by Gasteiger charge is 2.31. The number of rotatable bonds is 15. The van der Waals surface area contributed by atoms with E-state index in [1.54, 1.807) is 25.1 Å². The smallest absolute Gasteiger partial charge is 0.493 e. The molecule has 1 N–H and O–H groups in total. The predicted octanol–water partition coefficient (Wildman–Crippen LogP) is 5.30. The van der Waals surface area contributed by atoms with Crippen molar-refractivity contribution in [2.45, 2.75) is 63.6 Å². The van der Waals surface area contributed by atoms with Gasteiger partial charge in [0.15, 0.2) is 9.84 Å². The molecular formula is C26H33F3O6S. The minimum absolute atomic E-state index is 0.0136. The number of carbonyl (C=O) groups excluding carboxylic acids is 1. The third-order valence-electron chi connectivity index (χ3n) is 5.71. The molecule has 0 amide bonds. The lowest BCUT2D eigenvalue weighted by molar-refractivity contribution is -0.274. The van der Waals surface area contributed by atoms with Crippen LogP contribution in [0.4, 0.5) is 13.2 Å². The summed E-state index contributed by atoms with van der Waals surface area (Å²) in [6.45, 7) is 3.71. The van der Waals surface area contributed by atoms with Gasteiger partial charge in [-0.3, -0.25) is 4.79 Å². The second-order valence-electron chi connectivity index (χ2n) is 8.44. The largest absolute Gasteiger partial charge is 0.573 e. The molecule has 2 aromatic rings. The van der Waals surface area contributed by atoms with Gasteiger partial charge in [-0.2, -0.15) is 0 Å². The van der Waals surface area contributed by atoms with E-state index < -0.39 is 16.2 Å². The molecule has 0 aliphatic carbocycles. The first-order chi connectivity index (χ1) is 17.0. The lowest BCUT2D eigenvalue weighted by Crippen LogP contribution is -2.17. The van der Waals surface area contributed by atoms with Crippen molar-refractivity contribution in [3.63, 3.8) is 0 Å². The Labute approximate surface area is 210 Å². The van der Waals surface area contributed by atoms with Crippen LogP contribution in [0.15, 0.2) is 47.4 Å². The van der Waals surface area contributed by atoms with E-state index in [1.807, 2.05) is 6.92 Å². The van der Waals surface area contributed by atoms with Gasteiger partial charge < -0.3 is 14.6 Å². The Bertz CT molecular complexity index is 1100. The fourth-order valence-corrected chi connectivity index (χ4v) is 5.28. The number of aliphatic hydroxyl groups excluding tert-OH is 1. The summed E-state index contributed by atoms with van der Waals surface area (Å²) in [5.74, 6) is -0.648. The molecule has 36 heavy (non-hydrogen) atoms. The van der Waals surface area contributed by atoms with Crippen molar-refractivity contribution in [3.8, 4) is 11.5 Å². The molecule has 0 saturated carbocycles. The Kier molecular flexibility index (Phi) is 11.2. The van der Waals surface area contributed by atoms with Crippen molar-refractivity contribution >= 4 is 15.6 Å².